The van der Waals surface area contributed by atoms with E-state index in [1.54, 1.807) is 31.2 Å². The fraction of sp³-hybridized carbons (Fsp3) is 0.211. The number of hydrogen-bond acceptors (Lipinski definition) is 3. The van der Waals surface area contributed by atoms with E-state index in [1.807, 2.05) is 0 Å². The third-order valence-electron chi connectivity index (χ3n) is 3.48. The van der Waals surface area contributed by atoms with Crippen molar-refractivity contribution >= 4 is 11.7 Å². The third-order valence-corrected chi connectivity index (χ3v) is 3.48. The second kappa shape index (κ2) is 8.71. The number of terminal acetylenes is 1. The number of benzene rings is 2. The fourth-order valence-electron chi connectivity index (χ4n) is 2.16. The zero-order valence-corrected chi connectivity index (χ0v) is 13.7. The molecule has 2 aromatic carbocycles. The average molecular weight is 342 g/mol. The number of anilines is 1. The predicted octanol–water partition coefficient (Wildman–Crippen LogP) is 3.08. The number of hydrogen-bond donors (Lipinski definition) is 3. The quantitative estimate of drug-likeness (QED) is 0.707. The summed E-state index contributed by atoms with van der Waals surface area (Å²) in [5.41, 5.74) is 1.08. The summed E-state index contributed by atoms with van der Waals surface area (Å²) >= 11 is 0. The van der Waals surface area contributed by atoms with E-state index in [2.05, 4.69) is 16.6 Å². The number of urea groups is 1. The lowest BCUT2D eigenvalue weighted by Gasteiger charge is -2.21. The lowest BCUT2D eigenvalue weighted by Crippen LogP contribution is -2.39. The molecule has 2 unspecified atom stereocenters. The van der Waals surface area contributed by atoms with Crippen molar-refractivity contribution in [3.63, 3.8) is 0 Å². The number of halogens is 1. The number of rotatable bonds is 6. The van der Waals surface area contributed by atoms with Crippen LogP contribution in [0.5, 0.6) is 5.75 Å². The molecule has 0 aliphatic carbocycles. The van der Waals surface area contributed by atoms with Gasteiger partial charge >= 0.3 is 6.03 Å². The largest absolute Gasteiger partial charge is 0.481 e. The Balaban J connectivity index is 1.88. The Morgan fingerprint density at radius 2 is 1.88 bits per heavy atom. The molecule has 0 aliphatic rings. The van der Waals surface area contributed by atoms with Crippen molar-refractivity contribution in [3.05, 3.63) is 59.9 Å². The molecule has 0 saturated heterocycles. The van der Waals surface area contributed by atoms with Crippen LogP contribution in [0.3, 0.4) is 0 Å². The van der Waals surface area contributed by atoms with Gasteiger partial charge < -0.3 is 20.5 Å². The van der Waals surface area contributed by atoms with Crippen molar-refractivity contribution in [1.29, 1.82) is 0 Å². The van der Waals surface area contributed by atoms with E-state index in [0.29, 0.717) is 17.0 Å². The minimum Gasteiger partial charge on any atom is -0.481 e. The molecule has 0 radical (unpaired) electrons. The molecular formula is C19H19FN2O3. The number of nitrogens with one attached hydrogen (secondary N) is 2. The van der Waals surface area contributed by atoms with E-state index in [-0.39, 0.29) is 12.4 Å². The van der Waals surface area contributed by atoms with E-state index in [9.17, 15) is 14.3 Å². The van der Waals surface area contributed by atoms with Crippen molar-refractivity contribution in [3.8, 4) is 18.1 Å². The summed E-state index contributed by atoms with van der Waals surface area (Å²) in [6.45, 7) is 1.83. The highest BCUT2D eigenvalue weighted by Crippen LogP contribution is 2.18. The van der Waals surface area contributed by atoms with Crippen LogP contribution in [0.25, 0.3) is 0 Å². The summed E-state index contributed by atoms with van der Waals surface area (Å²) in [4.78, 5) is 12.0. The highest BCUT2D eigenvalue weighted by Gasteiger charge is 2.18. The monoisotopic (exact) mass is 342 g/mol. The number of ether oxygens (including phenoxy) is 1. The standard InChI is InChI=1S/C19H19FN2O3/c1-3-12-25-17-10-8-16(9-11-17)22-19(24)21-13(2)18(23)14-4-6-15(20)7-5-14/h1,4-11,13,18,23H,12H2,2H3,(H2,21,22,24). The second-order valence-electron chi connectivity index (χ2n) is 5.40. The molecule has 3 N–H and O–H groups in total. The summed E-state index contributed by atoms with van der Waals surface area (Å²) in [6, 6.07) is 11.2. The van der Waals surface area contributed by atoms with Gasteiger partial charge in [-0.3, -0.25) is 0 Å². The number of carbonyl (C=O) groups excluding carboxylic acids is 1. The van der Waals surface area contributed by atoms with Gasteiger partial charge in [-0.05, 0) is 48.9 Å². The van der Waals surface area contributed by atoms with Crippen LogP contribution in [0.4, 0.5) is 14.9 Å². The highest BCUT2D eigenvalue weighted by atomic mass is 19.1. The van der Waals surface area contributed by atoms with Gasteiger partial charge in [-0.15, -0.1) is 6.42 Å². The van der Waals surface area contributed by atoms with Crippen LogP contribution in [0.15, 0.2) is 48.5 Å². The first kappa shape index (κ1) is 18.3. The Morgan fingerprint density at radius 1 is 1.24 bits per heavy atom. The van der Waals surface area contributed by atoms with E-state index < -0.39 is 18.2 Å². The molecule has 130 valence electrons. The van der Waals surface area contributed by atoms with E-state index in [4.69, 9.17) is 11.2 Å². The number of carbonyl (C=O) groups is 1. The van der Waals surface area contributed by atoms with Gasteiger partial charge in [-0.1, -0.05) is 18.1 Å². The Hall–Kier alpha value is -3.04. The van der Waals surface area contributed by atoms with Gasteiger partial charge in [0.1, 0.15) is 18.2 Å². The number of amides is 2. The topological polar surface area (TPSA) is 70.6 Å². The Labute approximate surface area is 145 Å². The van der Waals surface area contributed by atoms with Crippen molar-refractivity contribution in [1.82, 2.24) is 5.32 Å². The summed E-state index contributed by atoms with van der Waals surface area (Å²) < 4.78 is 18.2. The molecule has 2 aromatic rings. The molecule has 2 atom stereocenters. The zero-order valence-electron chi connectivity index (χ0n) is 13.7. The molecule has 0 bridgehead atoms. The molecule has 0 spiro atoms. The van der Waals surface area contributed by atoms with Crippen molar-refractivity contribution in [2.24, 2.45) is 0 Å². The first-order chi connectivity index (χ1) is 12.0. The Bertz CT molecular complexity index is 739. The fourth-order valence-corrected chi connectivity index (χ4v) is 2.16. The number of aliphatic hydroxyl groups is 1. The van der Waals surface area contributed by atoms with Gasteiger partial charge in [-0.2, -0.15) is 0 Å². The molecule has 0 heterocycles. The minimum absolute atomic E-state index is 0.173. The van der Waals surface area contributed by atoms with Crippen molar-refractivity contribution in [2.75, 3.05) is 11.9 Å². The van der Waals surface area contributed by atoms with Gasteiger partial charge in [0.15, 0.2) is 0 Å². The Morgan fingerprint density at radius 3 is 2.48 bits per heavy atom. The van der Waals surface area contributed by atoms with E-state index in [1.165, 1.54) is 24.3 Å². The van der Waals surface area contributed by atoms with E-state index >= 15 is 0 Å². The van der Waals surface area contributed by atoms with Crippen LogP contribution in [0.2, 0.25) is 0 Å². The van der Waals surface area contributed by atoms with Crippen LogP contribution in [0.1, 0.15) is 18.6 Å². The van der Waals surface area contributed by atoms with Gasteiger partial charge in [0.05, 0.1) is 12.1 Å². The predicted molar refractivity (Wildman–Crippen MR) is 93.7 cm³/mol. The van der Waals surface area contributed by atoms with Crippen molar-refractivity contribution in [2.45, 2.75) is 19.1 Å². The Kier molecular flexibility index (Phi) is 6.38. The van der Waals surface area contributed by atoms with Crippen LogP contribution in [0, 0.1) is 18.2 Å². The smallest absolute Gasteiger partial charge is 0.319 e. The molecular weight excluding hydrogens is 323 g/mol. The van der Waals surface area contributed by atoms with Gasteiger partial charge in [0, 0.05) is 5.69 Å². The first-order valence-corrected chi connectivity index (χ1v) is 7.67. The normalized spacial score (nSPS) is 12.6. The molecule has 0 aromatic heterocycles. The summed E-state index contributed by atoms with van der Waals surface area (Å²) in [5.74, 6) is 2.58. The molecule has 2 amide bonds. The molecule has 2 rings (SSSR count). The van der Waals surface area contributed by atoms with Crippen LogP contribution < -0.4 is 15.4 Å². The van der Waals surface area contributed by atoms with Crippen LogP contribution >= 0.6 is 0 Å². The summed E-state index contributed by atoms with van der Waals surface area (Å²) in [7, 11) is 0. The maximum Gasteiger partial charge on any atom is 0.319 e. The summed E-state index contributed by atoms with van der Waals surface area (Å²) in [6.07, 6.45) is 4.16. The van der Waals surface area contributed by atoms with E-state index in [0.717, 1.165) is 0 Å². The SMILES string of the molecule is C#CCOc1ccc(NC(=O)NC(C)C(O)c2ccc(F)cc2)cc1. The summed E-state index contributed by atoms with van der Waals surface area (Å²) in [5, 5.41) is 15.5. The van der Waals surface area contributed by atoms with Crippen LogP contribution in [-0.4, -0.2) is 23.8 Å². The zero-order chi connectivity index (χ0) is 18.2. The molecule has 0 aliphatic heterocycles. The van der Waals surface area contributed by atoms with Gasteiger partial charge in [-0.25, -0.2) is 9.18 Å². The maximum atomic E-state index is 12.9. The first-order valence-electron chi connectivity index (χ1n) is 7.67. The molecule has 0 saturated carbocycles. The maximum absolute atomic E-state index is 12.9. The van der Waals surface area contributed by atoms with Crippen LogP contribution in [-0.2, 0) is 0 Å². The lowest BCUT2D eigenvalue weighted by atomic mass is 10.0. The van der Waals surface area contributed by atoms with Gasteiger partial charge in [0.2, 0.25) is 0 Å². The lowest BCUT2D eigenvalue weighted by molar-refractivity contribution is 0.139. The number of aliphatic hydroxyl groups excluding tert-OH is 1. The molecule has 0 fully saturated rings. The van der Waals surface area contributed by atoms with Gasteiger partial charge in [0.25, 0.3) is 0 Å². The molecule has 6 heteroatoms. The molecule has 5 nitrogen and oxygen atoms in total. The second-order valence-corrected chi connectivity index (χ2v) is 5.40. The highest BCUT2D eigenvalue weighted by molar-refractivity contribution is 5.89. The van der Waals surface area contributed by atoms with Crippen molar-refractivity contribution < 1.29 is 19.0 Å². The third kappa shape index (κ3) is 5.52. The average Bonchev–Trinajstić information content (AvgIpc) is 2.61. The molecule has 25 heavy (non-hydrogen) atoms. The minimum atomic E-state index is -0.953.